The number of hydrogen-bond acceptors (Lipinski definition) is 11. The number of pyridine rings is 1. The number of morpholine rings is 1. The van der Waals surface area contributed by atoms with Crippen LogP contribution in [0.3, 0.4) is 0 Å². The van der Waals surface area contributed by atoms with Crippen LogP contribution in [0.1, 0.15) is 82.8 Å². The fourth-order valence-corrected chi connectivity index (χ4v) is 10.3. The number of carbonyl (C=O) groups excluding carboxylic acids is 3. The standard InChI is InChI=1S/C44H59N7O6S/c1-26-27(2)38(26)41(52)47-34-22-37-46-35(24-58-37)29-11-12-36-31(21-29)32(23-44(4,5)25-57-43(54)33-10-8-14-51(48-33)42(34)53)40(30-9-7-13-45-39(30)28(3)55-6)50(36)16-15-49-17-19-56-20-18-49/h7,9,11-13,21,26-28,33-35,38,48H,8,10,14-20,22-25H2,1-6H3,(H,47,52)/t26-,27+,28-,33-,34-,35?,38?/m0/s1. The number of aromatic nitrogens is 2. The molecule has 6 bridgehead atoms. The minimum Gasteiger partial charge on any atom is -0.464 e. The lowest BCUT2D eigenvalue weighted by atomic mass is 9.84. The Kier molecular flexibility index (Phi) is 12.0. The van der Waals surface area contributed by atoms with Gasteiger partial charge >= 0.3 is 5.97 Å². The quantitative estimate of drug-likeness (QED) is 0.287. The fourth-order valence-electron chi connectivity index (χ4n) is 9.18. The van der Waals surface area contributed by atoms with Gasteiger partial charge in [-0.2, -0.15) is 0 Å². The van der Waals surface area contributed by atoms with E-state index >= 15 is 0 Å². The zero-order valence-electron chi connectivity index (χ0n) is 34.8. The molecule has 13 nitrogen and oxygen atoms in total. The summed E-state index contributed by atoms with van der Waals surface area (Å²) in [4.78, 5) is 54.1. The summed E-state index contributed by atoms with van der Waals surface area (Å²) in [6, 6.07) is 9.29. The Labute approximate surface area is 346 Å². The Hall–Kier alpha value is -3.82. The van der Waals surface area contributed by atoms with Crippen molar-refractivity contribution in [3.63, 3.8) is 0 Å². The molecule has 2 saturated heterocycles. The number of nitrogens with one attached hydrogen (secondary N) is 2. The van der Waals surface area contributed by atoms with Crippen molar-refractivity contribution in [1.29, 1.82) is 0 Å². The maximum absolute atomic E-state index is 14.2. The molecule has 2 N–H and O–H groups in total. The summed E-state index contributed by atoms with van der Waals surface area (Å²) in [6.45, 7) is 16.0. The number of hydrogen-bond donors (Lipinski definition) is 2. The molecule has 14 heteroatoms. The first-order chi connectivity index (χ1) is 27.9. The fraction of sp³-hybridized carbons (Fsp3) is 0.614. The predicted molar refractivity (Wildman–Crippen MR) is 225 cm³/mol. The number of benzene rings is 1. The van der Waals surface area contributed by atoms with Gasteiger partial charge in [-0.05, 0) is 73.4 Å². The number of aliphatic imine (C=N–C) groups is 1. The highest BCUT2D eigenvalue weighted by atomic mass is 32.2. The number of methoxy groups -OCH3 is 1. The van der Waals surface area contributed by atoms with Crippen molar-refractivity contribution in [3.8, 4) is 11.3 Å². The number of nitrogens with zero attached hydrogens (tertiary/aromatic N) is 5. The van der Waals surface area contributed by atoms with Crippen molar-refractivity contribution in [2.45, 2.75) is 91.1 Å². The number of carbonyl (C=O) groups is 3. The van der Waals surface area contributed by atoms with Gasteiger partial charge in [0, 0.05) is 86.0 Å². The number of cyclic esters (lactones) is 1. The number of rotatable bonds is 8. The van der Waals surface area contributed by atoms with Crippen LogP contribution in [0.15, 0.2) is 41.5 Å². The molecule has 58 heavy (non-hydrogen) atoms. The minimum absolute atomic E-state index is 0.0978. The van der Waals surface area contributed by atoms with E-state index in [1.807, 2.05) is 19.2 Å². The predicted octanol–water partition coefficient (Wildman–Crippen LogP) is 5.33. The van der Waals surface area contributed by atoms with Crippen LogP contribution < -0.4 is 10.7 Å². The first-order valence-electron chi connectivity index (χ1n) is 21.1. The van der Waals surface area contributed by atoms with E-state index in [2.05, 4.69) is 72.2 Å². The Morgan fingerprint density at radius 2 is 1.91 bits per heavy atom. The van der Waals surface area contributed by atoms with E-state index in [-0.39, 0.29) is 54.3 Å². The SMILES string of the molecule is CO[C@@H](C)c1ncccc1-c1c2c3cc(ccc3n1CCN1CCOCC1)C1CSC(=N1)C[C@H](NC(=O)C1[C@@H](C)[C@H]1C)C(=O)N1CCC[C@H](N1)C(=O)OCC(C)(C)C2. The number of ether oxygens (including phenoxy) is 3. The number of fused-ring (bicyclic) bond motifs is 5. The van der Waals surface area contributed by atoms with Crippen molar-refractivity contribution >= 4 is 45.5 Å². The van der Waals surface area contributed by atoms with Gasteiger partial charge in [0.05, 0.1) is 48.4 Å². The molecule has 312 valence electrons. The van der Waals surface area contributed by atoms with Crippen molar-refractivity contribution in [3.05, 3.63) is 53.3 Å². The number of hydrazine groups is 1. The molecule has 1 aliphatic carbocycles. The molecule has 7 atom stereocenters. The Morgan fingerprint density at radius 1 is 1.12 bits per heavy atom. The summed E-state index contributed by atoms with van der Waals surface area (Å²) in [5, 5.41) is 6.61. The van der Waals surface area contributed by atoms with Gasteiger partial charge in [-0.1, -0.05) is 33.8 Å². The van der Waals surface area contributed by atoms with Gasteiger partial charge in [0.25, 0.3) is 5.91 Å². The van der Waals surface area contributed by atoms with Crippen LogP contribution in [0.25, 0.3) is 22.2 Å². The zero-order valence-corrected chi connectivity index (χ0v) is 35.6. The van der Waals surface area contributed by atoms with E-state index in [0.29, 0.717) is 32.2 Å². The number of esters is 1. The average molecular weight is 814 g/mol. The van der Waals surface area contributed by atoms with Crippen LogP contribution in [-0.4, -0.2) is 113 Å². The molecule has 3 fully saturated rings. The van der Waals surface area contributed by atoms with E-state index in [9.17, 15) is 14.4 Å². The monoisotopic (exact) mass is 813 g/mol. The molecule has 2 amide bonds. The second-order valence-corrected chi connectivity index (χ2v) is 18.7. The lowest BCUT2D eigenvalue weighted by Gasteiger charge is -2.35. The first-order valence-corrected chi connectivity index (χ1v) is 22.1. The first kappa shape index (κ1) is 40.9. The highest BCUT2D eigenvalue weighted by molar-refractivity contribution is 8.14. The van der Waals surface area contributed by atoms with Crippen molar-refractivity contribution in [2.24, 2.45) is 28.2 Å². The Balaban J connectivity index is 1.24. The topological polar surface area (TPSA) is 140 Å². The molecule has 1 saturated carbocycles. The summed E-state index contributed by atoms with van der Waals surface area (Å²) < 4.78 is 20.2. The molecular weight excluding hydrogens is 755 g/mol. The third-order valence-corrected chi connectivity index (χ3v) is 14.1. The van der Waals surface area contributed by atoms with Crippen LogP contribution in [0.5, 0.6) is 0 Å². The van der Waals surface area contributed by atoms with Gasteiger partial charge in [-0.3, -0.25) is 34.3 Å². The van der Waals surface area contributed by atoms with Gasteiger partial charge in [-0.15, -0.1) is 11.8 Å². The zero-order chi connectivity index (χ0) is 40.7. The van der Waals surface area contributed by atoms with Crippen LogP contribution in [0, 0.1) is 23.2 Å². The Morgan fingerprint density at radius 3 is 2.67 bits per heavy atom. The third kappa shape index (κ3) is 8.45. The summed E-state index contributed by atoms with van der Waals surface area (Å²) in [5.41, 5.74) is 9.13. The van der Waals surface area contributed by atoms with E-state index in [1.165, 1.54) is 10.6 Å². The lowest BCUT2D eigenvalue weighted by Crippen LogP contribution is -2.60. The van der Waals surface area contributed by atoms with Crippen molar-refractivity contribution < 1.29 is 28.6 Å². The maximum atomic E-state index is 14.2. The van der Waals surface area contributed by atoms with Gasteiger partial charge < -0.3 is 24.1 Å². The van der Waals surface area contributed by atoms with Crippen LogP contribution in [0.4, 0.5) is 0 Å². The molecule has 2 unspecified atom stereocenters. The molecule has 0 radical (unpaired) electrons. The smallest absolute Gasteiger partial charge is 0.324 e. The molecule has 2 aromatic heterocycles. The molecule has 0 spiro atoms. The third-order valence-electron chi connectivity index (χ3n) is 13.0. The highest BCUT2D eigenvalue weighted by Gasteiger charge is 2.49. The van der Waals surface area contributed by atoms with Gasteiger partial charge in [0.2, 0.25) is 5.91 Å². The Bertz CT molecular complexity index is 2050. The summed E-state index contributed by atoms with van der Waals surface area (Å²) >= 11 is 1.65. The van der Waals surface area contributed by atoms with Crippen LogP contribution in [0.2, 0.25) is 0 Å². The van der Waals surface area contributed by atoms with Crippen molar-refractivity contribution in [1.82, 2.24) is 30.2 Å². The van der Waals surface area contributed by atoms with E-state index < -0.39 is 17.5 Å². The summed E-state index contributed by atoms with van der Waals surface area (Å²) in [5.74, 6) is 0.439. The van der Waals surface area contributed by atoms with Gasteiger partial charge in [-0.25, -0.2) is 5.43 Å². The number of amides is 2. The molecule has 6 heterocycles. The highest BCUT2D eigenvalue weighted by Crippen LogP contribution is 2.46. The van der Waals surface area contributed by atoms with E-state index in [0.717, 1.165) is 83.6 Å². The largest absolute Gasteiger partial charge is 0.464 e. The second-order valence-electron chi connectivity index (χ2n) is 17.6. The molecule has 3 aromatic rings. The van der Waals surface area contributed by atoms with E-state index in [4.69, 9.17) is 24.2 Å². The molecule has 5 aliphatic rings. The van der Waals surface area contributed by atoms with Crippen molar-refractivity contribution in [2.75, 3.05) is 58.9 Å². The number of thioether (sulfide) groups is 1. The minimum atomic E-state index is -0.808. The maximum Gasteiger partial charge on any atom is 0.324 e. The normalized spacial score (nSPS) is 28.4. The molecule has 8 rings (SSSR count). The molecule has 4 aliphatic heterocycles. The van der Waals surface area contributed by atoms with Crippen LogP contribution in [-0.2, 0) is 41.6 Å². The molecular formula is C44H59N7O6S. The van der Waals surface area contributed by atoms with Gasteiger partial charge in [0.15, 0.2) is 0 Å². The van der Waals surface area contributed by atoms with E-state index in [1.54, 1.807) is 18.9 Å². The molecule has 1 aromatic carbocycles. The summed E-state index contributed by atoms with van der Waals surface area (Å²) in [6.07, 6.45) is 3.70. The summed E-state index contributed by atoms with van der Waals surface area (Å²) in [7, 11) is 1.72. The lowest BCUT2D eigenvalue weighted by molar-refractivity contribution is -0.155. The van der Waals surface area contributed by atoms with Crippen LogP contribution >= 0.6 is 11.8 Å². The average Bonchev–Trinajstić information content (AvgIpc) is 3.50. The van der Waals surface area contributed by atoms with Gasteiger partial charge in [0.1, 0.15) is 12.1 Å². The second kappa shape index (κ2) is 17.0.